The molecule has 0 radical (unpaired) electrons. The molecule has 1 fully saturated rings. The molecule has 142 valence electrons. The lowest BCUT2D eigenvalue weighted by Crippen LogP contribution is -2.44. The Morgan fingerprint density at radius 3 is 2.82 bits per heavy atom. The fourth-order valence-corrected chi connectivity index (χ4v) is 4.18. The number of aromatic amines is 1. The number of fused-ring (bicyclic) bond motifs is 1. The van der Waals surface area contributed by atoms with Crippen LogP contribution < -0.4 is 10.2 Å². The molecule has 1 aliphatic heterocycles. The Balaban J connectivity index is 1.37. The van der Waals surface area contributed by atoms with Crippen LogP contribution in [0.25, 0.3) is 22.3 Å². The number of aromatic nitrogens is 3. The van der Waals surface area contributed by atoms with Gasteiger partial charge in [-0.15, -0.1) is 0 Å². The molecule has 1 aromatic carbocycles. The number of hydrogen-bond acceptors (Lipinski definition) is 6. The number of rotatable bonds is 4. The van der Waals surface area contributed by atoms with Crippen molar-refractivity contribution in [1.29, 1.82) is 0 Å². The molecule has 0 saturated carbocycles. The predicted octanol–water partition coefficient (Wildman–Crippen LogP) is 4.18. The summed E-state index contributed by atoms with van der Waals surface area (Å²) in [6, 6.07) is 12.7. The molecule has 6 nitrogen and oxygen atoms in total. The molecule has 4 aromatic rings. The number of benzene rings is 1. The quantitative estimate of drug-likeness (QED) is 0.547. The average Bonchev–Trinajstić information content (AvgIpc) is 3.38. The van der Waals surface area contributed by atoms with Crippen LogP contribution in [0.15, 0.2) is 53.4 Å². The van der Waals surface area contributed by atoms with Crippen LogP contribution in [-0.2, 0) is 0 Å². The van der Waals surface area contributed by atoms with E-state index in [4.69, 9.17) is 0 Å². The van der Waals surface area contributed by atoms with Gasteiger partial charge < -0.3 is 20.1 Å². The van der Waals surface area contributed by atoms with Crippen molar-refractivity contribution < 1.29 is 0 Å². The van der Waals surface area contributed by atoms with E-state index in [0.717, 1.165) is 48.6 Å². The molecule has 1 saturated heterocycles. The SMILES string of the molecule is CN1CCN(c2cccc(Nc3ncc4[nH]c(-c5ccsc5)cc4n3)c2)CC1. The highest BCUT2D eigenvalue weighted by molar-refractivity contribution is 7.08. The van der Waals surface area contributed by atoms with Crippen LogP contribution >= 0.6 is 11.3 Å². The Morgan fingerprint density at radius 2 is 2.00 bits per heavy atom. The van der Waals surface area contributed by atoms with E-state index in [1.165, 1.54) is 11.3 Å². The third-order valence-electron chi connectivity index (χ3n) is 5.17. The normalized spacial score (nSPS) is 15.2. The number of piperazine rings is 1. The van der Waals surface area contributed by atoms with E-state index in [9.17, 15) is 0 Å². The minimum Gasteiger partial charge on any atom is -0.369 e. The molecule has 2 N–H and O–H groups in total. The zero-order valence-corrected chi connectivity index (χ0v) is 16.5. The van der Waals surface area contributed by atoms with Gasteiger partial charge in [0.15, 0.2) is 0 Å². The van der Waals surface area contributed by atoms with E-state index in [2.05, 4.69) is 84.3 Å². The van der Waals surface area contributed by atoms with Gasteiger partial charge in [0.1, 0.15) is 0 Å². The van der Waals surface area contributed by atoms with Crippen LogP contribution in [0.4, 0.5) is 17.3 Å². The first kappa shape index (κ1) is 17.2. The summed E-state index contributed by atoms with van der Waals surface area (Å²) in [5, 5.41) is 7.56. The monoisotopic (exact) mass is 390 g/mol. The van der Waals surface area contributed by atoms with Crippen molar-refractivity contribution in [2.45, 2.75) is 0 Å². The van der Waals surface area contributed by atoms with E-state index >= 15 is 0 Å². The molecule has 3 aromatic heterocycles. The topological polar surface area (TPSA) is 60.1 Å². The van der Waals surface area contributed by atoms with Crippen molar-refractivity contribution in [1.82, 2.24) is 19.9 Å². The molecule has 5 rings (SSSR count). The molecule has 0 atom stereocenters. The molecule has 0 unspecified atom stereocenters. The van der Waals surface area contributed by atoms with E-state index < -0.39 is 0 Å². The smallest absolute Gasteiger partial charge is 0.227 e. The predicted molar refractivity (Wildman–Crippen MR) is 117 cm³/mol. The highest BCUT2D eigenvalue weighted by Gasteiger charge is 2.14. The standard InChI is InChI=1S/C21H22N6S/c1-26-6-8-27(9-7-26)17-4-2-3-16(11-17)23-21-22-13-20-19(25-21)12-18(24-20)15-5-10-28-14-15/h2-5,10-14,24H,6-9H2,1H3,(H,22,23,25). The molecule has 28 heavy (non-hydrogen) atoms. The van der Waals surface area contributed by atoms with E-state index in [1.54, 1.807) is 11.3 Å². The first-order valence-electron chi connectivity index (χ1n) is 9.43. The fraction of sp³-hybridized carbons (Fsp3) is 0.238. The number of likely N-dealkylation sites (N-methyl/N-ethyl adjacent to an activating group) is 1. The van der Waals surface area contributed by atoms with Gasteiger partial charge in [0.05, 0.1) is 17.2 Å². The largest absolute Gasteiger partial charge is 0.369 e. The summed E-state index contributed by atoms with van der Waals surface area (Å²) >= 11 is 1.69. The molecule has 1 aliphatic rings. The summed E-state index contributed by atoms with van der Waals surface area (Å²) in [4.78, 5) is 17.3. The molecule has 4 heterocycles. The van der Waals surface area contributed by atoms with Crippen molar-refractivity contribution >= 4 is 39.7 Å². The van der Waals surface area contributed by atoms with Crippen LogP contribution in [0, 0.1) is 0 Å². The van der Waals surface area contributed by atoms with Gasteiger partial charge in [-0.05, 0) is 42.8 Å². The Labute approximate surface area is 167 Å². The number of anilines is 3. The fourth-order valence-electron chi connectivity index (χ4n) is 3.53. The van der Waals surface area contributed by atoms with E-state index in [1.807, 2.05) is 6.20 Å². The van der Waals surface area contributed by atoms with Crippen LogP contribution in [0.5, 0.6) is 0 Å². The van der Waals surface area contributed by atoms with Gasteiger partial charge in [0, 0.05) is 54.2 Å². The van der Waals surface area contributed by atoms with Crippen LogP contribution in [-0.4, -0.2) is 53.1 Å². The number of nitrogens with zero attached hydrogens (tertiary/aromatic N) is 4. The molecule has 7 heteroatoms. The third kappa shape index (κ3) is 3.46. The van der Waals surface area contributed by atoms with E-state index in [-0.39, 0.29) is 0 Å². The van der Waals surface area contributed by atoms with Crippen molar-refractivity contribution in [3.05, 3.63) is 53.4 Å². The van der Waals surface area contributed by atoms with Crippen molar-refractivity contribution in [3.63, 3.8) is 0 Å². The zero-order valence-electron chi connectivity index (χ0n) is 15.7. The lowest BCUT2D eigenvalue weighted by atomic mass is 10.2. The Kier molecular flexibility index (Phi) is 4.46. The van der Waals surface area contributed by atoms with Gasteiger partial charge in [-0.3, -0.25) is 0 Å². The molecule has 0 aliphatic carbocycles. The number of nitrogens with one attached hydrogen (secondary N) is 2. The lowest BCUT2D eigenvalue weighted by Gasteiger charge is -2.34. The second-order valence-electron chi connectivity index (χ2n) is 7.15. The van der Waals surface area contributed by atoms with Gasteiger partial charge in [-0.25, -0.2) is 9.97 Å². The zero-order chi connectivity index (χ0) is 18.9. The molecule has 0 amide bonds. The first-order chi connectivity index (χ1) is 13.7. The second-order valence-corrected chi connectivity index (χ2v) is 7.93. The first-order valence-corrected chi connectivity index (χ1v) is 10.4. The van der Waals surface area contributed by atoms with Crippen LogP contribution in [0.2, 0.25) is 0 Å². The van der Waals surface area contributed by atoms with Gasteiger partial charge in [0.2, 0.25) is 5.95 Å². The lowest BCUT2D eigenvalue weighted by molar-refractivity contribution is 0.313. The highest BCUT2D eigenvalue weighted by Crippen LogP contribution is 2.26. The van der Waals surface area contributed by atoms with Crippen molar-refractivity contribution in [2.24, 2.45) is 0 Å². The molecular weight excluding hydrogens is 368 g/mol. The minimum atomic E-state index is 0.610. The van der Waals surface area contributed by atoms with Crippen LogP contribution in [0.1, 0.15) is 0 Å². The Hall–Kier alpha value is -2.90. The molecule has 0 bridgehead atoms. The van der Waals surface area contributed by atoms with Gasteiger partial charge in [-0.1, -0.05) is 6.07 Å². The maximum Gasteiger partial charge on any atom is 0.227 e. The average molecular weight is 391 g/mol. The highest BCUT2D eigenvalue weighted by atomic mass is 32.1. The second kappa shape index (κ2) is 7.26. The Bertz CT molecular complexity index is 1080. The molecular formula is C21H22N6S. The van der Waals surface area contributed by atoms with Crippen LogP contribution in [0.3, 0.4) is 0 Å². The van der Waals surface area contributed by atoms with Crippen molar-refractivity contribution in [3.8, 4) is 11.3 Å². The summed E-state index contributed by atoms with van der Waals surface area (Å²) in [5.41, 5.74) is 6.34. The van der Waals surface area contributed by atoms with E-state index in [0.29, 0.717) is 5.95 Å². The third-order valence-corrected chi connectivity index (χ3v) is 5.85. The Morgan fingerprint density at radius 1 is 1.11 bits per heavy atom. The summed E-state index contributed by atoms with van der Waals surface area (Å²) < 4.78 is 0. The number of hydrogen-bond donors (Lipinski definition) is 2. The number of H-pyrrole nitrogens is 1. The minimum absolute atomic E-state index is 0.610. The maximum absolute atomic E-state index is 4.68. The van der Waals surface area contributed by atoms with Gasteiger partial charge in [0.25, 0.3) is 0 Å². The summed E-state index contributed by atoms with van der Waals surface area (Å²) in [6.45, 7) is 4.29. The van der Waals surface area contributed by atoms with Crippen molar-refractivity contribution in [2.75, 3.05) is 43.4 Å². The summed E-state index contributed by atoms with van der Waals surface area (Å²) in [7, 11) is 2.17. The summed E-state index contributed by atoms with van der Waals surface area (Å²) in [6.07, 6.45) is 1.84. The maximum atomic E-state index is 4.68. The van der Waals surface area contributed by atoms with Gasteiger partial charge >= 0.3 is 0 Å². The van der Waals surface area contributed by atoms with Gasteiger partial charge in [-0.2, -0.15) is 11.3 Å². The summed E-state index contributed by atoms with van der Waals surface area (Å²) in [5.74, 6) is 0.610. The number of thiophene rings is 1. The molecule has 0 spiro atoms.